The third-order valence-electron chi connectivity index (χ3n) is 6.47. The lowest BCUT2D eigenvalue weighted by molar-refractivity contribution is -0.136. The Morgan fingerprint density at radius 2 is 1.77 bits per heavy atom. The van der Waals surface area contributed by atoms with Crippen molar-refractivity contribution in [1.29, 1.82) is 0 Å². The molecule has 0 unspecified atom stereocenters. The number of rotatable bonds is 7. The zero-order valence-corrected chi connectivity index (χ0v) is 21.0. The summed E-state index contributed by atoms with van der Waals surface area (Å²) < 4.78 is 6.07. The van der Waals surface area contributed by atoms with E-state index in [0.717, 1.165) is 28.7 Å². The van der Waals surface area contributed by atoms with E-state index >= 15 is 0 Å². The summed E-state index contributed by atoms with van der Waals surface area (Å²) in [5, 5.41) is 2.96. The number of carbonyl (C=O) groups excluding carboxylic acids is 2. The van der Waals surface area contributed by atoms with Gasteiger partial charge in [0.05, 0.1) is 6.04 Å². The first-order valence-corrected chi connectivity index (χ1v) is 12.3. The number of amides is 2. The molecule has 3 aromatic rings. The Morgan fingerprint density at radius 1 is 1.00 bits per heavy atom. The molecule has 1 aliphatic heterocycles. The SMILES string of the molecule is Cc1cccc(CNC(=O)[C@H](C)Oc2ccc3c(c2)[C@H](c2ccccc2)N(C(=O)C(C)C)CC3)c1. The lowest BCUT2D eigenvalue weighted by Crippen LogP contribution is -2.42. The van der Waals surface area contributed by atoms with Crippen LogP contribution in [0.1, 0.15) is 54.6 Å². The minimum absolute atomic E-state index is 0.0840. The third kappa shape index (κ3) is 5.73. The summed E-state index contributed by atoms with van der Waals surface area (Å²) in [5.41, 5.74) is 5.55. The molecule has 0 spiro atoms. The van der Waals surface area contributed by atoms with E-state index in [1.54, 1.807) is 6.92 Å². The first-order chi connectivity index (χ1) is 16.8. The summed E-state index contributed by atoms with van der Waals surface area (Å²) in [6.45, 7) is 8.81. The van der Waals surface area contributed by atoms with Crippen molar-refractivity contribution in [2.75, 3.05) is 6.54 Å². The molecule has 0 fully saturated rings. The molecule has 1 N–H and O–H groups in total. The zero-order valence-electron chi connectivity index (χ0n) is 21.0. The molecule has 0 aliphatic carbocycles. The van der Waals surface area contributed by atoms with Gasteiger partial charge in [0.15, 0.2) is 6.10 Å². The molecule has 35 heavy (non-hydrogen) atoms. The van der Waals surface area contributed by atoms with Crippen LogP contribution in [0.2, 0.25) is 0 Å². The Hall–Kier alpha value is -3.60. The van der Waals surface area contributed by atoms with E-state index in [1.807, 2.05) is 74.2 Å². The van der Waals surface area contributed by atoms with Crippen LogP contribution < -0.4 is 10.1 Å². The van der Waals surface area contributed by atoms with Crippen LogP contribution in [-0.4, -0.2) is 29.4 Å². The molecule has 3 aromatic carbocycles. The number of fused-ring (bicyclic) bond motifs is 1. The summed E-state index contributed by atoms with van der Waals surface area (Å²) in [4.78, 5) is 27.8. The number of aryl methyl sites for hydroxylation is 1. The molecule has 182 valence electrons. The van der Waals surface area contributed by atoms with Gasteiger partial charge in [0.1, 0.15) is 5.75 Å². The summed E-state index contributed by atoms with van der Waals surface area (Å²) in [7, 11) is 0. The van der Waals surface area contributed by atoms with E-state index < -0.39 is 6.10 Å². The van der Waals surface area contributed by atoms with E-state index in [1.165, 1.54) is 5.56 Å². The second-order valence-electron chi connectivity index (χ2n) is 9.58. The highest BCUT2D eigenvalue weighted by Gasteiger charge is 2.33. The monoisotopic (exact) mass is 470 g/mol. The van der Waals surface area contributed by atoms with Gasteiger partial charge in [0.2, 0.25) is 5.91 Å². The van der Waals surface area contributed by atoms with Gasteiger partial charge in [-0.2, -0.15) is 0 Å². The molecule has 2 amide bonds. The molecule has 1 heterocycles. The first-order valence-electron chi connectivity index (χ1n) is 12.3. The molecule has 0 bridgehead atoms. The molecule has 0 saturated heterocycles. The largest absolute Gasteiger partial charge is 0.481 e. The van der Waals surface area contributed by atoms with Crippen LogP contribution in [0.5, 0.6) is 5.75 Å². The van der Waals surface area contributed by atoms with Crippen molar-refractivity contribution in [3.8, 4) is 5.75 Å². The van der Waals surface area contributed by atoms with Crippen molar-refractivity contribution in [1.82, 2.24) is 10.2 Å². The lowest BCUT2D eigenvalue weighted by Gasteiger charge is -2.39. The fraction of sp³-hybridized carbons (Fsp3) is 0.333. The maximum Gasteiger partial charge on any atom is 0.261 e. The lowest BCUT2D eigenvalue weighted by atomic mass is 9.87. The molecule has 0 aromatic heterocycles. The second kappa shape index (κ2) is 10.8. The highest BCUT2D eigenvalue weighted by molar-refractivity contribution is 5.81. The Kier molecular flexibility index (Phi) is 7.54. The van der Waals surface area contributed by atoms with Crippen molar-refractivity contribution in [2.45, 2.75) is 52.8 Å². The van der Waals surface area contributed by atoms with Gasteiger partial charge in [0.25, 0.3) is 5.91 Å². The van der Waals surface area contributed by atoms with Gasteiger partial charge < -0.3 is 15.0 Å². The molecule has 5 nitrogen and oxygen atoms in total. The normalized spacial score (nSPS) is 15.9. The van der Waals surface area contributed by atoms with Crippen molar-refractivity contribution in [3.05, 3.63) is 101 Å². The molecule has 4 rings (SSSR count). The number of hydrogen-bond acceptors (Lipinski definition) is 3. The molecule has 0 saturated carbocycles. The topological polar surface area (TPSA) is 58.6 Å². The predicted molar refractivity (Wildman–Crippen MR) is 138 cm³/mol. The zero-order chi connectivity index (χ0) is 24.9. The van der Waals surface area contributed by atoms with Crippen molar-refractivity contribution in [3.63, 3.8) is 0 Å². The van der Waals surface area contributed by atoms with Gasteiger partial charge in [0, 0.05) is 19.0 Å². The van der Waals surface area contributed by atoms with Gasteiger partial charge in [-0.1, -0.05) is 80.1 Å². The predicted octanol–water partition coefficient (Wildman–Crippen LogP) is 5.21. The second-order valence-corrected chi connectivity index (χ2v) is 9.58. The van der Waals surface area contributed by atoms with Crippen molar-refractivity contribution >= 4 is 11.8 Å². The summed E-state index contributed by atoms with van der Waals surface area (Å²) in [5.74, 6) is 0.515. The van der Waals surface area contributed by atoms with E-state index in [0.29, 0.717) is 18.8 Å². The Labute approximate surface area is 208 Å². The average molecular weight is 471 g/mol. The number of nitrogens with zero attached hydrogens (tertiary/aromatic N) is 1. The third-order valence-corrected chi connectivity index (χ3v) is 6.47. The minimum atomic E-state index is -0.648. The summed E-state index contributed by atoms with van der Waals surface area (Å²) in [6, 6.07) is 24.0. The van der Waals surface area contributed by atoms with Crippen molar-refractivity contribution in [2.24, 2.45) is 5.92 Å². The van der Waals surface area contributed by atoms with Gasteiger partial charge in [-0.3, -0.25) is 9.59 Å². The summed E-state index contributed by atoms with van der Waals surface area (Å²) >= 11 is 0. The molecule has 1 aliphatic rings. The van der Waals surface area contributed by atoms with Crippen LogP contribution >= 0.6 is 0 Å². The Bertz CT molecular complexity index is 1190. The number of ether oxygens (including phenoxy) is 1. The maximum atomic E-state index is 13.1. The standard InChI is InChI=1S/C30H34N2O3/c1-20(2)30(34)32-16-15-24-13-14-26(18-27(24)28(32)25-11-6-5-7-12-25)35-22(4)29(33)31-19-23-10-8-9-21(3)17-23/h5-14,17-18,20,22,28H,15-16,19H2,1-4H3,(H,31,33)/t22-,28-/m0/s1. The fourth-order valence-corrected chi connectivity index (χ4v) is 4.64. The molecular formula is C30H34N2O3. The minimum Gasteiger partial charge on any atom is -0.481 e. The highest BCUT2D eigenvalue weighted by atomic mass is 16.5. The van der Waals surface area contributed by atoms with Crippen LogP contribution in [0.3, 0.4) is 0 Å². The van der Waals surface area contributed by atoms with Crippen LogP contribution in [0.4, 0.5) is 0 Å². The van der Waals surface area contributed by atoms with Crippen LogP contribution in [-0.2, 0) is 22.6 Å². The van der Waals surface area contributed by atoms with E-state index in [4.69, 9.17) is 4.74 Å². The molecule has 2 atom stereocenters. The maximum absolute atomic E-state index is 13.1. The average Bonchev–Trinajstić information content (AvgIpc) is 2.86. The molecule has 5 heteroatoms. The van der Waals surface area contributed by atoms with Gasteiger partial charge in [-0.05, 0) is 54.7 Å². The fourth-order valence-electron chi connectivity index (χ4n) is 4.64. The van der Waals surface area contributed by atoms with Gasteiger partial charge in [-0.15, -0.1) is 0 Å². The Morgan fingerprint density at radius 3 is 2.49 bits per heavy atom. The van der Waals surface area contributed by atoms with Gasteiger partial charge in [-0.25, -0.2) is 0 Å². The van der Waals surface area contributed by atoms with Crippen LogP contribution in [0.25, 0.3) is 0 Å². The van der Waals surface area contributed by atoms with Crippen molar-refractivity contribution < 1.29 is 14.3 Å². The first kappa shape index (κ1) is 24.5. The van der Waals surface area contributed by atoms with E-state index in [2.05, 4.69) is 29.6 Å². The van der Waals surface area contributed by atoms with Crippen LogP contribution in [0.15, 0.2) is 72.8 Å². The van der Waals surface area contributed by atoms with Gasteiger partial charge >= 0.3 is 0 Å². The van der Waals surface area contributed by atoms with E-state index in [-0.39, 0.29) is 23.8 Å². The highest BCUT2D eigenvalue weighted by Crippen LogP contribution is 2.38. The molecule has 0 radical (unpaired) electrons. The van der Waals surface area contributed by atoms with Crippen LogP contribution in [0, 0.1) is 12.8 Å². The Balaban J connectivity index is 1.54. The quantitative estimate of drug-likeness (QED) is 0.516. The summed E-state index contributed by atoms with van der Waals surface area (Å²) in [6.07, 6.45) is 0.147. The number of carbonyl (C=O) groups is 2. The number of hydrogen-bond donors (Lipinski definition) is 1. The van der Waals surface area contributed by atoms with E-state index in [9.17, 15) is 9.59 Å². The number of nitrogens with one attached hydrogen (secondary N) is 1. The smallest absolute Gasteiger partial charge is 0.261 e. The molecular weight excluding hydrogens is 436 g/mol. The number of benzene rings is 3.